The summed E-state index contributed by atoms with van der Waals surface area (Å²) in [6.45, 7) is 1.82. The monoisotopic (exact) mass is 246 g/mol. The molecule has 2 atom stereocenters. The van der Waals surface area contributed by atoms with Crippen LogP contribution >= 0.6 is 0 Å². The second kappa shape index (κ2) is 4.90. The maximum Gasteiger partial charge on any atom is 0.124 e. The second-order valence-electron chi connectivity index (χ2n) is 3.68. The van der Waals surface area contributed by atoms with Crippen molar-refractivity contribution < 1.29 is 17.4 Å². The number of rotatable bonds is 1. The van der Waals surface area contributed by atoms with Gasteiger partial charge in [0.1, 0.15) is 16.3 Å². The van der Waals surface area contributed by atoms with Gasteiger partial charge in [-0.05, 0) is 25.5 Å². The molecule has 0 aromatic heterocycles. The molecule has 0 radical (unpaired) electrons. The Labute approximate surface area is 94.0 Å². The molecular formula is C10H13FNO3S-. The van der Waals surface area contributed by atoms with E-state index in [4.69, 9.17) is 5.73 Å². The van der Waals surface area contributed by atoms with Crippen molar-refractivity contribution in [1.29, 1.82) is 0 Å². The van der Waals surface area contributed by atoms with Crippen LogP contribution in [-0.4, -0.2) is 25.2 Å². The van der Waals surface area contributed by atoms with E-state index in [1.807, 2.05) is 6.92 Å². The summed E-state index contributed by atoms with van der Waals surface area (Å²) in [7, 11) is -4.27. The molecule has 1 saturated carbocycles. The van der Waals surface area contributed by atoms with Gasteiger partial charge in [0.15, 0.2) is 0 Å². The fourth-order valence-electron chi connectivity index (χ4n) is 0.886. The number of benzene rings is 1. The Morgan fingerprint density at radius 1 is 1.38 bits per heavy atom. The van der Waals surface area contributed by atoms with Gasteiger partial charge in [0.25, 0.3) is 0 Å². The number of alkyl halides is 1. The van der Waals surface area contributed by atoms with E-state index < -0.39 is 16.3 Å². The van der Waals surface area contributed by atoms with Crippen molar-refractivity contribution in [2.45, 2.75) is 30.5 Å². The molecule has 2 N–H and O–H groups in total. The minimum absolute atomic E-state index is 0.116. The van der Waals surface area contributed by atoms with Crippen LogP contribution in [0.3, 0.4) is 0 Å². The van der Waals surface area contributed by atoms with E-state index in [-0.39, 0.29) is 10.9 Å². The Morgan fingerprint density at radius 2 is 1.75 bits per heavy atom. The van der Waals surface area contributed by atoms with Gasteiger partial charge in [-0.3, -0.25) is 0 Å². The molecule has 1 fully saturated rings. The van der Waals surface area contributed by atoms with Crippen LogP contribution in [0.1, 0.15) is 12.0 Å². The fourth-order valence-corrected chi connectivity index (χ4v) is 1.36. The summed E-state index contributed by atoms with van der Waals surface area (Å²) < 4.78 is 42.5. The van der Waals surface area contributed by atoms with E-state index in [2.05, 4.69) is 0 Å². The molecular weight excluding hydrogens is 233 g/mol. The SMILES string of the molecule is Cc1ccc(S(=O)(=O)[O-])cc1.N[C@@H]1C[C@H]1F. The zero-order chi connectivity index (χ0) is 12.3. The highest BCUT2D eigenvalue weighted by atomic mass is 32.2. The molecule has 1 aliphatic rings. The summed E-state index contributed by atoms with van der Waals surface area (Å²) in [4.78, 5) is -0.178. The zero-order valence-electron chi connectivity index (χ0n) is 8.76. The third kappa shape index (κ3) is 4.26. The first-order chi connectivity index (χ1) is 7.30. The molecule has 0 spiro atoms. The smallest absolute Gasteiger partial charge is 0.124 e. The number of nitrogens with two attached hydrogens (primary N) is 1. The van der Waals surface area contributed by atoms with E-state index in [0.717, 1.165) is 5.56 Å². The lowest BCUT2D eigenvalue weighted by Crippen LogP contribution is -2.00. The molecule has 1 aliphatic carbocycles. The first-order valence-electron chi connectivity index (χ1n) is 4.73. The van der Waals surface area contributed by atoms with Gasteiger partial charge < -0.3 is 10.3 Å². The molecule has 1 aromatic carbocycles. The van der Waals surface area contributed by atoms with Crippen molar-refractivity contribution in [2.24, 2.45) is 5.73 Å². The number of hydrogen-bond acceptors (Lipinski definition) is 4. The lowest BCUT2D eigenvalue weighted by molar-refractivity contribution is 0.463. The first-order valence-corrected chi connectivity index (χ1v) is 6.14. The summed E-state index contributed by atoms with van der Waals surface area (Å²) in [5, 5.41) is 0. The molecule has 0 heterocycles. The molecule has 1 aromatic rings. The maximum atomic E-state index is 11.4. The third-order valence-electron chi connectivity index (χ3n) is 2.07. The highest BCUT2D eigenvalue weighted by Crippen LogP contribution is 2.21. The van der Waals surface area contributed by atoms with Crippen LogP contribution in [0.5, 0.6) is 0 Å². The molecule has 0 saturated heterocycles. The molecule has 90 valence electrons. The quantitative estimate of drug-likeness (QED) is 0.748. The van der Waals surface area contributed by atoms with Gasteiger partial charge >= 0.3 is 0 Å². The Balaban J connectivity index is 0.000000212. The van der Waals surface area contributed by atoms with Crippen LogP contribution in [0.2, 0.25) is 0 Å². The van der Waals surface area contributed by atoms with E-state index >= 15 is 0 Å². The van der Waals surface area contributed by atoms with Gasteiger partial charge in [-0.1, -0.05) is 17.7 Å². The summed E-state index contributed by atoms with van der Waals surface area (Å²) >= 11 is 0. The Kier molecular flexibility index (Phi) is 4.01. The molecule has 6 heteroatoms. The first kappa shape index (κ1) is 13.1. The summed E-state index contributed by atoms with van der Waals surface area (Å²) in [5.41, 5.74) is 5.92. The van der Waals surface area contributed by atoms with Crippen molar-refractivity contribution in [3.63, 3.8) is 0 Å². The van der Waals surface area contributed by atoms with Crippen LogP contribution in [-0.2, 0) is 10.1 Å². The zero-order valence-corrected chi connectivity index (χ0v) is 9.58. The summed E-state index contributed by atoms with van der Waals surface area (Å²) in [6, 6.07) is 5.67. The largest absolute Gasteiger partial charge is 0.744 e. The van der Waals surface area contributed by atoms with E-state index in [0.29, 0.717) is 6.42 Å². The second-order valence-corrected chi connectivity index (χ2v) is 5.06. The van der Waals surface area contributed by atoms with E-state index in [1.165, 1.54) is 12.1 Å². The van der Waals surface area contributed by atoms with Gasteiger partial charge in [-0.25, -0.2) is 12.8 Å². The van der Waals surface area contributed by atoms with Crippen LogP contribution < -0.4 is 5.73 Å². The van der Waals surface area contributed by atoms with Crippen LogP contribution in [0.25, 0.3) is 0 Å². The molecule has 0 amide bonds. The van der Waals surface area contributed by atoms with E-state index in [9.17, 15) is 17.4 Å². The topological polar surface area (TPSA) is 83.2 Å². The lowest BCUT2D eigenvalue weighted by atomic mass is 10.2. The van der Waals surface area contributed by atoms with Gasteiger partial charge in [0.05, 0.1) is 4.90 Å². The van der Waals surface area contributed by atoms with Crippen molar-refractivity contribution in [3.05, 3.63) is 29.8 Å². The van der Waals surface area contributed by atoms with Gasteiger partial charge in [-0.2, -0.15) is 0 Å². The average Bonchev–Trinajstić information content (AvgIpc) is 2.79. The summed E-state index contributed by atoms with van der Waals surface area (Å²) in [5.74, 6) is 0. The minimum atomic E-state index is -4.27. The molecule has 16 heavy (non-hydrogen) atoms. The van der Waals surface area contributed by atoms with E-state index in [1.54, 1.807) is 12.1 Å². The highest BCUT2D eigenvalue weighted by molar-refractivity contribution is 7.85. The van der Waals surface area contributed by atoms with Crippen LogP contribution in [0, 0.1) is 6.92 Å². The van der Waals surface area contributed by atoms with Crippen molar-refractivity contribution in [1.82, 2.24) is 0 Å². The van der Waals surface area contributed by atoms with Gasteiger partial charge in [0, 0.05) is 6.04 Å². The molecule has 0 unspecified atom stereocenters. The van der Waals surface area contributed by atoms with Crippen LogP contribution in [0.4, 0.5) is 4.39 Å². The van der Waals surface area contributed by atoms with Crippen LogP contribution in [0.15, 0.2) is 29.2 Å². The molecule has 0 aliphatic heterocycles. The van der Waals surface area contributed by atoms with Crippen molar-refractivity contribution >= 4 is 10.1 Å². The van der Waals surface area contributed by atoms with Crippen molar-refractivity contribution in [2.75, 3.05) is 0 Å². The lowest BCUT2D eigenvalue weighted by Gasteiger charge is -2.05. The van der Waals surface area contributed by atoms with Gasteiger partial charge in [0.2, 0.25) is 0 Å². The third-order valence-corrected chi connectivity index (χ3v) is 2.92. The minimum Gasteiger partial charge on any atom is -0.744 e. The maximum absolute atomic E-state index is 11.4. The average molecular weight is 246 g/mol. The molecule has 4 nitrogen and oxygen atoms in total. The Morgan fingerprint density at radius 3 is 2.00 bits per heavy atom. The van der Waals surface area contributed by atoms with Gasteiger partial charge in [-0.15, -0.1) is 0 Å². The predicted octanol–water partition coefficient (Wildman–Crippen LogP) is 0.955. The normalized spacial score (nSPS) is 23.2. The molecule has 2 rings (SSSR count). The highest BCUT2D eigenvalue weighted by Gasteiger charge is 2.32. The predicted molar refractivity (Wildman–Crippen MR) is 56.6 cm³/mol. The Bertz CT molecular complexity index is 438. The number of aryl methyl sites for hydroxylation is 1. The summed E-state index contributed by atoms with van der Waals surface area (Å²) in [6.07, 6.45) is -0.0880. The molecule has 0 bridgehead atoms. The van der Waals surface area contributed by atoms with Crippen molar-refractivity contribution in [3.8, 4) is 0 Å². The fraction of sp³-hybridized carbons (Fsp3) is 0.400. The standard InChI is InChI=1S/C7H8O3S.C3H6FN/c1-6-2-4-7(5-3-6)11(8,9)10;4-2-1-3(2)5/h2-5H,1H3,(H,8,9,10);2-3H,1,5H2/p-1/t;2-,3-/m.1/s1. The Hall–Kier alpha value is -0.980. The number of halogens is 1. The number of hydrogen-bond donors (Lipinski definition) is 1.